The molecular weight excluding hydrogens is 643 g/mol. The predicted molar refractivity (Wildman–Crippen MR) is 85.7 cm³/mol. The molecule has 0 radical (unpaired) electrons. The Morgan fingerprint density at radius 1 is 0.786 bits per heavy atom. The minimum Gasteiger partial charge on any atom is -0.0545 e. The van der Waals surface area contributed by atoms with Crippen LogP contribution in [-0.2, 0) is 2.14 Å². The lowest BCUT2D eigenvalue weighted by atomic mass is 10.2. The maximum atomic E-state index is 3.51. The molecule has 0 nitrogen and oxygen atoms in total. The molecule has 0 aliphatic rings. The van der Waals surface area contributed by atoms with Crippen molar-refractivity contribution >= 4 is 112 Å². The largest absolute Gasteiger partial charge is 0.162 e. The molecule has 0 heterocycles. The van der Waals surface area contributed by atoms with Gasteiger partial charge in [0.05, 0.1) is 0 Å². The second kappa shape index (κ2) is 5.48. The Morgan fingerprint density at radius 3 is 1.43 bits per heavy atom. The van der Waals surface area contributed by atoms with Crippen molar-refractivity contribution < 1.29 is 0 Å². The minimum absolute atomic E-state index is 0.461. The van der Waals surface area contributed by atoms with E-state index in [0.29, 0.717) is 0 Å². The normalized spacial score (nSPS) is 11.9. The van der Waals surface area contributed by atoms with Crippen LogP contribution in [0.3, 0.4) is 0 Å². The first-order chi connectivity index (χ1) is 6.25. The maximum Gasteiger partial charge on any atom is 0.162 e. The summed E-state index contributed by atoms with van der Waals surface area (Å²) < 4.78 is 3.43. The fourth-order valence-electron chi connectivity index (χ4n) is 0.822. The molecule has 0 spiro atoms. The number of rotatable bonds is 0. The van der Waals surface area contributed by atoms with E-state index in [1.165, 1.54) is 0 Å². The van der Waals surface area contributed by atoms with Gasteiger partial charge >= 0.3 is 0 Å². The highest BCUT2D eigenvalue weighted by Crippen LogP contribution is 2.53. The second-order valence-corrected chi connectivity index (χ2v) is 12.4. The van der Waals surface area contributed by atoms with Crippen LogP contribution in [0.25, 0.3) is 0 Å². The van der Waals surface area contributed by atoms with Crippen molar-refractivity contribution in [1.82, 2.24) is 0 Å². The van der Waals surface area contributed by atoms with Gasteiger partial charge in [-0.25, -0.2) is 0 Å². The van der Waals surface area contributed by atoms with Crippen molar-refractivity contribution in [2.75, 3.05) is 0 Å². The zero-order valence-corrected chi connectivity index (χ0v) is 17.3. The zero-order chi connectivity index (χ0) is 11.1. The van der Waals surface area contributed by atoms with Crippen molar-refractivity contribution in [2.24, 2.45) is 0 Å². The van der Waals surface area contributed by atoms with Gasteiger partial charge in [-0.15, -0.1) is 0 Å². The third kappa shape index (κ3) is 3.29. The van der Waals surface area contributed by atoms with E-state index in [4.69, 9.17) is 0 Å². The molecule has 0 aromatic heterocycles. The average Bonchev–Trinajstić information content (AvgIpc) is 1.98. The van der Waals surface area contributed by atoms with Crippen LogP contribution in [0.4, 0.5) is 0 Å². The Bertz CT molecular complexity index is 339. The zero-order valence-electron chi connectivity index (χ0n) is 6.22. The average molecular weight is 644 g/mol. The van der Waals surface area contributed by atoms with E-state index >= 15 is 0 Å². The fourth-order valence-corrected chi connectivity index (χ4v) is 6.26. The molecule has 0 fully saturated rings. The summed E-state index contributed by atoms with van der Waals surface area (Å²) in [6.07, 6.45) is 0. The molecule has 0 bridgehead atoms. The number of benzene rings is 1. The quantitative estimate of drug-likeness (QED) is 0.210. The van der Waals surface area contributed by atoms with E-state index in [-0.39, 0.29) is 0 Å². The van der Waals surface area contributed by atoms with Crippen molar-refractivity contribution in [3.63, 3.8) is 0 Å². The first kappa shape index (κ1) is 14.6. The molecule has 78 valence electrons. The Balaban J connectivity index is 3.56. The number of hydrogen-bond donors (Lipinski definition) is 0. The summed E-state index contributed by atoms with van der Waals surface area (Å²) in [4.78, 5) is 0. The molecule has 0 saturated heterocycles. The molecule has 7 heteroatoms. The molecule has 0 amide bonds. The molecule has 0 aliphatic carbocycles. The van der Waals surface area contributed by atoms with Crippen LogP contribution >= 0.6 is 112 Å². The molecule has 0 aliphatic heterocycles. The van der Waals surface area contributed by atoms with E-state index in [0.717, 1.165) is 23.5 Å². The highest BCUT2D eigenvalue weighted by molar-refractivity contribution is 9.38. The molecule has 1 aromatic carbocycles. The number of halogens is 7. The van der Waals surface area contributed by atoms with Gasteiger partial charge in [0, 0.05) is 23.5 Å². The van der Waals surface area contributed by atoms with E-state index in [1.54, 1.807) is 0 Å². The first-order valence-corrected chi connectivity index (χ1v) is 8.70. The Morgan fingerprint density at radius 2 is 1.14 bits per heavy atom. The van der Waals surface area contributed by atoms with E-state index in [1.807, 2.05) is 6.07 Å². The summed E-state index contributed by atoms with van der Waals surface area (Å²) in [5.74, 6) is 0. The van der Waals surface area contributed by atoms with E-state index < -0.39 is 2.14 Å². The predicted octanol–water partition coefficient (Wildman–Crippen LogP) is 7.03. The van der Waals surface area contributed by atoms with Gasteiger partial charge in [-0.2, -0.15) is 0 Å². The third-order valence-corrected chi connectivity index (χ3v) is 6.55. The highest BCUT2D eigenvalue weighted by Gasteiger charge is 2.28. The van der Waals surface area contributed by atoms with Crippen LogP contribution in [0.15, 0.2) is 24.0 Å². The van der Waals surface area contributed by atoms with Crippen LogP contribution < -0.4 is 0 Å². The number of alkyl halides is 3. The standard InChI is InChI=1S/C7HBr7/c8-2-1-3(9)6(11)4(5(2)10)7(12,13)14/h1H. The van der Waals surface area contributed by atoms with Crippen LogP contribution in [0.1, 0.15) is 5.56 Å². The van der Waals surface area contributed by atoms with Crippen LogP contribution in [0.2, 0.25) is 0 Å². The SMILES string of the molecule is Brc1cc(Br)c(Br)c(C(Br)(Br)Br)c1Br. The highest BCUT2D eigenvalue weighted by atomic mass is 80.0. The van der Waals surface area contributed by atoms with Gasteiger partial charge in [0.2, 0.25) is 0 Å². The third-order valence-electron chi connectivity index (χ3n) is 1.40. The lowest BCUT2D eigenvalue weighted by Gasteiger charge is -2.18. The lowest BCUT2D eigenvalue weighted by molar-refractivity contribution is 1.28. The van der Waals surface area contributed by atoms with Crippen molar-refractivity contribution in [1.29, 1.82) is 0 Å². The molecule has 0 N–H and O–H groups in total. The van der Waals surface area contributed by atoms with E-state index in [2.05, 4.69) is 112 Å². The fraction of sp³-hybridized carbons (Fsp3) is 0.143. The monoisotopic (exact) mass is 637 g/mol. The van der Waals surface area contributed by atoms with Gasteiger partial charge in [0.15, 0.2) is 2.14 Å². The Labute approximate surface area is 141 Å². The summed E-state index contributed by atoms with van der Waals surface area (Å²) in [7, 11) is 0. The molecule has 0 saturated carbocycles. The van der Waals surface area contributed by atoms with Crippen LogP contribution in [-0.4, -0.2) is 0 Å². The molecule has 0 unspecified atom stereocenters. The number of hydrogen-bond acceptors (Lipinski definition) is 0. The molecular formula is C7HBr7. The van der Waals surface area contributed by atoms with Gasteiger partial charge in [-0.3, -0.25) is 0 Å². The Hall–Kier alpha value is 2.58. The van der Waals surface area contributed by atoms with Gasteiger partial charge in [0.1, 0.15) is 0 Å². The second-order valence-electron chi connectivity index (χ2n) is 2.34. The maximum absolute atomic E-state index is 3.51. The van der Waals surface area contributed by atoms with Crippen molar-refractivity contribution in [3.05, 3.63) is 29.5 Å². The van der Waals surface area contributed by atoms with Crippen molar-refractivity contribution in [3.8, 4) is 0 Å². The van der Waals surface area contributed by atoms with Crippen LogP contribution in [0.5, 0.6) is 0 Å². The van der Waals surface area contributed by atoms with Gasteiger partial charge < -0.3 is 0 Å². The summed E-state index contributed by atoms with van der Waals surface area (Å²) in [6, 6.07) is 1.97. The molecule has 0 atom stereocenters. The first-order valence-electron chi connectivity index (χ1n) is 3.15. The lowest BCUT2D eigenvalue weighted by Crippen LogP contribution is -2.01. The summed E-state index contributed by atoms with van der Waals surface area (Å²) >= 11 is 24.4. The summed E-state index contributed by atoms with van der Waals surface area (Å²) in [5.41, 5.74) is 1.01. The smallest absolute Gasteiger partial charge is 0.0545 e. The van der Waals surface area contributed by atoms with E-state index in [9.17, 15) is 0 Å². The van der Waals surface area contributed by atoms with Gasteiger partial charge in [-0.05, 0) is 69.8 Å². The Kier molecular flexibility index (Phi) is 5.73. The van der Waals surface area contributed by atoms with Crippen LogP contribution in [0, 0.1) is 0 Å². The summed E-state index contributed by atoms with van der Waals surface area (Å²) in [5, 5.41) is 0. The molecule has 1 aromatic rings. The molecule has 1 rings (SSSR count). The van der Waals surface area contributed by atoms with Gasteiger partial charge in [-0.1, -0.05) is 47.8 Å². The molecule has 14 heavy (non-hydrogen) atoms. The minimum atomic E-state index is -0.461. The summed E-state index contributed by atoms with van der Waals surface area (Å²) in [6.45, 7) is 0. The van der Waals surface area contributed by atoms with Gasteiger partial charge in [0.25, 0.3) is 0 Å². The topological polar surface area (TPSA) is 0 Å². The van der Waals surface area contributed by atoms with Crippen molar-refractivity contribution in [2.45, 2.75) is 2.14 Å².